The normalized spacial score (nSPS) is 15.1. The molecule has 17 heavy (non-hydrogen) atoms. The number of carbonyl (C=O) groups excluding carboxylic acids is 2. The maximum Gasteiger partial charge on any atom is 0.282 e. The summed E-state index contributed by atoms with van der Waals surface area (Å²) in [6.07, 6.45) is 0. The highest BCUT2D eigenvalue weighted by Gasteiger charge is 2.23. The molecule has 0 aliphatic carbocycles. The van der Waals surface area contributed by atoms with Gasteiger partial charge in [0.1, 0.15) is 6.54 Å². The summed E-state index contributed by atoms with van der Waals surface area (Å²) in [4.78, 5) is 24.5. The number of hydrogen-bond donors (Lipinski definition) is 1. The molecule has 1 aliphatic rings. The molecule has 1 aliphatic heterocycles. The van der Waals surface area contributed by atoms with E-state index in [4.69, 9.17) is 11.6 Å². The largest absolute Gasteiger partial charge is 0.324 e. The highest BCUT2D eigenvalue weighted by Crippen LogP contribution is 2.18. The molecule has 6 heteroatoms. The maximum absolute atomic E-state index is 11.7. The van der Waals surface area contributed by atoms with Crippen LogP contribution in [0.25, 0.3) is 0 Å². The third-order valence-corrected chi connectivity index (χ3v) is 3.41. The van der Waals surface area contributed by atoms with Crippen LogP contribution in [-0.2, 0) is 4.79 Å². The summed E-state index contributed by atoms with van der Waals surface area (Å²) in [5.41, 5.74) is 0.641. The standard InChI is InChI=1S/C11H11ClN2O2S/c12-8-2-1-3-9(6-8)13-10(15)7-14-4-5-17-11(14)16/h1-3,6H,4-5,7H2,(H,13,15). The summed E-state index contributed by atoms with van der Waals surface area (Å²) in [6, 6.07) is 6.91. The molecule has 0 unspecified atom stereocenters. The van der Waals surface area contributed by atoms with Gasteiger partial charge in [0.25, 0.3) is 5.24 Å². The van der Waals surface area contributed by atoms with Gasteiger partial charge in [0.2, 0.25) is 5.91 Å². The van der Waals surface area contributed by atoms with E-state index in [0.29, 0.717) is 17.3 Å². The molecular weight excluding hydrogens is 260 g/mol. The fourth-order valence-electron chi connectivity index (χ4n) is 1.51. The molecule has 2 rings (SSSR count). The van der Waals surface area contributed by atoms with Crippen molar-refractivity contribution in [2.45, 2.75) is 0 Å². The number of benzene rings is 1. The number of anilines is 1. The van der Waals surface area contributed by atoms with Crippen molar-refractivity contribution < 1.29 is 9.59 Å². The van der Waals surface area contributed by atoms with Gasteiger partial charge in [0.15, 0.2) is 0 Å². The SMILES string of the molecule is O=C(CN1CCSC1=O)Nc1cccc(Cl)c1. The van der Waals surface area contributed by atoms with E-state index < -0.39 is 0 Å². The number of thioether (sulfide) groups is 1. The van der Waals surface area contributed by atoms with Crippen molar-refractivity contribution >= 4 is 40.2 Å². The number of nitrogens with one attached hydrogen (secondary N) is 1. The zero-order chi connectivity index (χ0) is 12.3. The van der Waals surface area contributed by atoms with Crippen molar-refractivity contribution in [3.63, 3.8) is 0 Å². The quantitative estimate of drug-likeness (QED) is 0.918. The van der Waals surface area contributed by atoms with Crippen LogP contribution >= 0.6 is 23.4 Å². The van der Waals surface area contributed by atoms with Crippen molar-refractivity contribution in [2.75, 3.05) is 24.2 Å². The van der Waals surface area contributed by atoms with Gasteiger partial charge in [0.05, 0.1) is 0 Å². The van der Waals surface area contributed by atoms with Crippen molar-refractivity contribution in [2.24, 2.45) is 0 Å². The van der Waals surface area contributed by atoms with E-state index >= 15 is 0 Å². The summed E-state index contributed by atoms with van der Waals surface area (Å²) in [6.45, 7) is 0.727. The summed E-state index contributed by atoms with van der Waals surface area (Å²) in [5, 5.41) is 3.23. The second-order valence-electron chi connectivity index (χ2n) is 3.59. The van der Waals surface area contributed by atoms with Crippen LogP contribution in [-0.4, -0.2) is 34.9 Å². The summed E-state index contributed by atoms with van der Waals surface area (Å²) < 4.78 is 0. The fraction of sp³-hybridized carbons (Fsp3) is 0.273. The Bertz CT molecular complexity index is 453. The van der Waals surface area contributed by atoms with E-state index in [9.17, 15) is 9.59 Å². The lowest BCUT2D eigenvalue weighted by molar-refractivity contribution is -0.116. The first-order valence-corrected chi connectivity index (χ1v) is 6.48. The minimum absolute atomic E-state index is 0.0359. The molecule has 90 valence electrons. The van der Waals surface area contributed by atoms with Crippen LogP contribution in [0.1, 0.15) is 0 Å². The zero-order valence-corrected chi connectivity index (χ0v) is 10.6. The van der Waals surface area contributed by atoms with Gasteiger partial charge in [-0.25, -0.2) is 0 Å². The number of rotatable bonds is 3. The Morgan fingerprint density at radius 1 is 1.53 bits per heavy atom. The molecule has 1 heterocycles. The molecule has 2 amide bonds. The Morgan fingerprint density at radius 2 is 2.35 bits per heavy atom. The van der Waals surface area contributed by atoms with Gasteiger partial charge in [-0.3, -0.25) is 9.59 Å². The van der Waals surface area contributed by atoms with Crippen molar-refractivity contribution in [3.05, 3.63) is 29.3 Å². The molecule has 0 spiro atoms. The van der Waals surface area contributed by atoms with Crippen molar-refractivity contribution in [1.29, 1.82) is 0 Å². The lowest BCUT2D eigenvalue weighted by Gasteiger charge is -2.14. The molecule has 0 radical (unpaired) electrons. The van der Waals surface area contributed by atoms with E-state index in [1.165, 1.54) is 16.7 Å². The Hall–Kier alpha value is -1.20. The fourth-order valence-corrected chi connectivity index (χ4v) is 2.52. The van der Waals surface area contributed by atoms with Crippen LogP contribution in [0.15, 0.2) is 24.3 Å². The molecule has 1 aromatic carbocycles. The number of nitrogens with zero attached hydrogens (tertiary/aromatic N) is 1. The highest BCUT2D eigenvalue weighted by molar-refractivity contribution is 8.13. The van der Waals surface area contributed by atoms with Gasteiger partial charge in [-0.05, 0) is 18.2 Å². The third kappa shape index (κ3) is 3.38. The minimum atomic E-state index is -0.205. The number of hydrogen-bond acceptors (Lipinski definition) is 3. The minimum Gasteiger partial charge on any atom is -0.324 e. The molecule has 4 nitrogen and oxygen atoms in total. The second kappa shape index (κ2) is 5.42. The Balaban J connectivity index is 1.91. The average Bonchev–Trinajstić information content (AvgIpc) is 2.64. The monoisotopic (exact) mass is 270 g/mol. The number of carbonyl (C=O) groups is 2. The molecule has 0 aromatic heterocycles. The summed E-state index contributed by atoms with van der Waals surface area (Å²) in [7, 11) is 0. The van der Waals surface area contributed by atoms with Crippen LogP contribution in [0.3, 0.4) is 0 Å². The molecule has 1 fully saturated rings. The first-order valence-electron chi connectivity index (χ1n) is 5.12. The van der Waals surface area contributed by atoms with Gasteiger partial charge < -0.3 is 10.2 Å². The van der Waals surface area contributed by atoms with Gasteiger partial charge in [0, 0.05) is 23.0 Å². The maximum atomic E-state index is 11.7. The van der Waals surface area contributed by atoms with Crippen LogP contribution in [0, 0.1) is 0 Å². The van der Waals surface area contributed by atoms with E-state index in [1.807, 2.05) is 0 Å². The molecule has 1 saturated heterocycles. The molecular formula is C11H11ClN2O2S. The summed E-state index contributed by atoms with van der Waals surface area (Å²) >= 11 is 7.04. The Labute approximate surface area is 108 Å². The van der Waals surface area contributed by atoms with Gasteiger partial charge >= 0.3 is 0 Å². The zero-order valence-electron chi connectivity index (χ0n) is 8.98. The van der Waals surface area contributed by atoms with E-state index in [2.05, 4.69) is 5.32 Å². The van der Waals surface area contributed by atoms with E-state index in [-0.39, 0.29) is 17.7 Å². The topological polar surface area (TPSA) is 49.4 Å². The molecule has 1 N–H and O–H groups in total. The van der Waals surface area contributed by atoms with Crippen LogP contribution < -0.4 is 5.32 Å². The molecule has 0 saturated carbocycles. The van der Waals surface area contributed by atoms with Crippen molar-refractivity contribution in [3.8, 4) is 0 Å². The van der Waals surface area contributed by atoms with E-state index in [0.717, 1.165) is 5.75 Å². The lowest BCUT2D eigenvalue weighted by atomic mass is 10.3. The first kappa shape index (κ1) is 12.3. The van der Waals surface area contributed by atoms with Crippen LogP contribution in [0.5, 0.6) is 0 Å². The van der Waals surface area contributed by atoms with E-state index in [1.54, 1.807) is 24.3 Å². The second-order valence-corrected chi connectivity index (χ2v) is 5.08. The Kier molecular flexibility index (Phi) is 3.91. The van der Waals surface area contributed by atoms with Gasteiger partial charge in [-0.15, -0.1) is 0 Å². The molecule has 1 aromatic rings. The number of amides is 2. The highest BCUT2D eigenvalue weighted by atomic mass is 35.5. The van der Waals surface area contributed by atoms with Gasteiger partial charge in [-0.2, -0.15) is 0 Å². The molecule has 0 bridgehead atoms. The predicted molar refractivity (Wildman–Crippen MR) is 69.5 cm³/mol. The predicted octanol–water partition coefficient (Wildman–Crippen LogP) is 2.45. The first-order chi connectivity index (χ1) is 8.15. The van der Waals surface area contributed by atoms with Crippen LogP contribution in [0.2, 0.25) is 5.02 Å². The number of halogens is 1. The smallest absolute Gasteiger partial charge is 0.282 e. The lowest BCUT2D eigenvalue weighted by Crippen LogP contribution is -2.33. The Morgan fingerprint density at radius 3 is 3.00 bits per heavy atom. The summed E-state index contributed by atoms with van der Waals surface area (Å²) in [5.74, 6) is 0.548. The third-order valence-electron chi connectivity index (χ3n) is 2.29. The van der Waals surface area contributed by atoms with Crippen molar-refractivity contribution in [1.82, 2.24) is 4.90 Å². The molecule has 0 atom stereocenters. The average molecular weight is 271 g/mol. The van der Waals surface area contributed by atoms with Gasteiger partial charge in [-0.1, -0.05) is 29.4 Å². The van der Waals surface area contributed by atoms with Crippen LogP contribution in [0.4, 0.5) is 10.5 Å².